The van der Waals surface area contributed by atoms with E-state index in [9.17, 15) is 14.4 Å². The quantitative estimate of drug-likeness (QED) is 0.417. The monoisotopic (exact) mass is 574 g/mol. The summed E-state index contributed by atoms with van der Waals surface area (Å²) < 4.78 is 22.9. The number of carbonyl (C=O) groups excluding carboxylic acids is 3. The zero-order valence-electron chi connectivity index (χ0n) is 22.7. The molecule has 10 heteroatoms. The minimum atomic E-state index is -1.85. The van der Waals surface area contributed by atoms with Gasteiger partial charge in [-0.25, -0.2) is 0 Å². The molecular weight excluding hydrogens is 548 g/mol. The topological polar surface area (TPSA) is 113 Å². The van der Waals surface area contributed by atoms with E-state index in [0.29, 0.717) is 23.6 Å². The highest BCUT2D eigenvalue weighted by Gasteiger charge is 2.63. The number of allylic oxidation sites excluding steroid dienone is 1. The Morgan fingerprint density at radius 1 is 1.02 bits per heavy atom. The van der Waals surface area contributed by atoms with E-state index in [1.807, 2.05) is 30.3 Å². The van der Waals surface area contributed by atoms with Crippen LogP contribution >= 0.6 is 11.6 Å². The largest absolute Gasteiger partial charge is 0.496 e. The molecule has 210 valence electrons. The number of Topliss-reactive ketones (excluding diaryl/α,β-unsaturated/α-hetero) is 2. The van der Waals surface area contributed by atoms with Crippen LogP contribution in [0.1, 0.15) is 47.3 Å². The summed E-state index contributed by atoms with van der Waals surface area (Å²) in [6, 6.07) is 14.3. The van der Waals surface area contributed by atoms with Crippen molar-refractivity contribution in [1.29, 1.82) is 0 Å². The Hall–Kier alpha value is -4.37. The van der Waals surface area contributed by atoms with Crippen molar-refractivity contribution in [2.24, 2.45) is 5.92 Å². The molecule has 3 atom stereocenters. The Morgan fingerprint density at radius 2 is 1.78 bits per heavy atom. The number of benzene rings is 2. The third kappa shape index (κ3) is 4.23. The van der Waals surface area contributed by atoms with Crippen LogP contribution in [-0.4, -0.2) is 42.3 Å². The SMILES string of the molecule is COc1cc(OC)c2c(c1Cl)O[C@@]1(C(=O)C3=C(C[C@H]1C)NC(=O)C[C@@H]3c1ccc(OCc3ccccn3)cc1)C2=O. The van der Waals surface area contributed by atoms with E-state index in [2.05, 4.69) is 10.3 Å². The standard InChI is InChI=1S/C31H27ClN2O7/c1-16-12-21-25(29(36)31(16)30(37)26-22(38-2)14-23(39-3)27(32)28(26)41-31)20(13-24(35)34-21)17-7-9-19(10-8-17)40-15-18-6-4-5-11-33-18/h4-11,14,16,20H,12-13,15H2,1-3H3,(H,34,35)/t16-,20-,31+/m1/s1. The van der Waals surface area contributed by atoms with Crippen molar-refractivity contribution < 1.29 is 33.3 Å². The maximum atomic E-state index is 14.5. The summed E-state index contributed by atoms with van der Waals surface area (Å²) in [6.07, 6.45) is 2.00. The fourth-order valence-corrected chi connectivity index (χ4v) is 6.18. The first-order chi connectivity index (χ1) is 19.8. The molecule has 2 aliphatic heterocycles. The minimum absolute atomic E-state index is 0.0439. The number of rotatable bonds is 6. The average molecular weight is 575 g/mol. The summed E-state index contributed by atoms with van der Waals surface area (Å²) in [5.41, 5.74) is 0.653. The summed E-state index contributed by atoms with van der Waals surface area (Å²) in [5, 5.41) is 2.96. The van der Waals surface area contributed by atoms with Gasteiger partial charge in [-0.2, -0.15) is 0 Å². The van der Waals surface area contributed by atoms with Crippen LogP contribution in [0.3, 0.4) is 0 Å². The van der Waals surface area contributed by atoms with Crippen LogP contribution in [0.15, 0.2) is 66.0 Å². The van der Waals surface area contributed by atoms with Crippen molar-refractivity contribution in [3.8, 4) is 23.0 Å². The molecule has 3 heterocycles. The summed E-state index contributed by atoms with van der Waals surface area (Å²) in [5.74, 6) is -1.24. The van der Waals surface area contributed by atoms with Crippen molar-refractivity contribution in [3.05, 3.63) is 87.8 Å². The number of aromatic nitrogens is 1. The molecule has 1 amide bonds. The van der Waals surface area contributed by atoms with E-state index in [-0.39, 0.29) is 46.6 Å². The zero-order chi connectivity index (χ0) is 28.9. The second-order valence-corrected chi connectivity index (χ2v) is 10.7. The van der Waals surface area contributed by atoms with Gasteiger partial charge < -0.3 is 24.3 Å². The molecule has 9 nitrogen and oxygen atoms in total. The average Bonchev–Trinajstić information content (AvgIpc) is 3.30. The summed E-state index contributed by atoms with van der Waals surface area (Å²) in [7, 11) is 2.86. The molecule has 3 aromatic rings. The number of nitrogens with zero attached hydrogens (tertiary/aromatic N) is 1. The lowest BCUT2D eigenvalue weighted by Gasteiger charge is -2.41. The van der Waals surface area contributed by atoms with Gasteiger partial charge in [-0.15, -0.1) is 0 Å². The van der Waals surface area contributed by atoms with E-state index in [1.165, 1.54) is 20.3 Å². The molecule has 1 aliphatic carbocycles. The highest BCUT2D eigenvalue weighted by molar-refractivity contribution is 6.36. The van der Waals surface area contributed by atoms with Crippen LogP contribution < -0.4 is 24.3 Å². The fraction of sp³-hybridized carbons (Fsp3) is 0.290. The van der Waals surface area contributed by atoms with E-state index in [0.717, 1.165) is 11.3 Å². The Bertz CT molecular complexity index is 1600. The van der Waals surface area contributed by atoms with Crippen LogP contribution in [0.2, 0.25) is 5.02 Å². The van der Waals surface area contributed by atoms with Gasteiger partial charge in [-0.05, 0) is 36.2 Å². The predicted octanol–water partition coefficient (Wildman–Crippen LogP) is 4.81. The molecule has 1 aromatic heterocycles. The number of pyridine rings is 1. The number of ether oxygens (including phenoxy) is 4. The molecule has 3 aliphatic rings. The number of fused-ring (bicyclic) bond motifs is 1. The van der Waals surface area contributed by atoms with E-state index in [4.69, 9.17) is 30.5 Å². The molecule has 0 unspecified atom stereocenters. The van der Waals surface area contributed by atoms with Crippen molar-refractivity contribution in [2.45, 2.75) is 37.9 Å². The Morgan fingerprint density at radius 3 is 2.46 bits per heavy atom. The van der Waals surface area contributed by atoms with Crippen molar-refractivity contribution in [3.63, 3.8) is 0 Å². The van der Waals surface area contributed by atoms with Crippen LogP contribution in [-0.2, 0) is 16.2 Å². The lowest BCUT2D eigenvalue weighted by atomic mass is 9.66. The number of halogens is 1. The van der Waals surface area contributed by atoms with Gasteiger partial charge >= 0.3 is 0 Å². The Kier molecular flexibility index (Phi) is 6.69. The van der Waals surface area contributed by atoms with Gasteiger partial charge in [0.05, 0.1) is 19.9 Å². The number of amides is 1. The first kappa shape index (κ1) is 26.8. The van der Waals surface area contributed by atoms with Crippen molar-refractivity contribution in [1.82, 2.24) is 10.3 Å². The number of methoxy groups -OCH3 is 2. The number of hydrogen-bond acceptors (Lipinski definition) is 8. The summed E-state index contributed by atoms with van der Waals surface area (Å²) in [4.78, 5) is 45.6. The molecule has 41 heavy (non-hydrogen) atoms. The normalized spacial score (nSPS) is 23.1. The maximum absolute atomic E-state index is 14.5. The lowest BCUT2D eigenvalue weighted by Crippen LogP contribution is -2.59. The van der Waals surface area contributed by atoms with Crippen molar-refractivity contribution in [2.75, 3.05) is 14.2 Å². The molecule has 0 radical (unpaired) electrons. The second kappa shape index (κ2) is 10.2. The Balaban J connectivity index is 1.35. The molecule has 0 fully saturated rings. The maximum Gasteiger partial charge on any atom is 0.236 e. The third-order valence-electron chi connectivity index (χ3n) is 7.95. The van der Waals surface area contributed by atoms with Gasteiger partial charge in [0, 0.05) is 41.8 Å². The predicted molar refractivity (Wildman–Crippen MR) is 149 cm³/mol. The van der Waals surface area contributed by atoms with E-state index in [1.54, 1.807) is 25.3 Å². The Labute approximate surface area is 241 Å². The molecule has 0 saturated carbocycles. The summed E-state index contributed by atoms with van der Waals surface area (Å²) >= 11 is 6.55. The van der Waals surface area contributed by atoms with Gasteiger partial charge in [0.15, 0.2) is 5.75 Å². The minimum Gasteiger partial charge on any atom is -0.496 e. The number of carbonyl (C=O) groups is 3. The fourth-order valence-electron chi connectivity index (χ4n) is 5.91. The number of ketones is 2. The van der Waals surface area contributed by atoms with Crippen LogP contribution in [0.25, 0.3) is 0 Å². The van der Waals surface area contributed by atoms with Gasteiger partial charge in [-0.3, -0.25) is 19.4 Å². The second-order valence-electron chi connectivity index (χ2n) is 10.3. The van der Waals surface area contributed by atoms with Crippen LogP contribution in [0.4, 0.5) is 0 Å². The lowest BCUT2D eigenvalue weighted by molar-refractivity contribution is -0.131. The molecule has 2 aromatic carbocycles. The zero-order valence-corrected chi connectivity index (χ0v) is 23.4. The number of nitrogens with one attached hydrogen (secondary N) is 1. The number of hydrogen-bond donors (Lipinski definition) is 1. The molecule has 1 N–H and O–H groups in total. The molecule has 6 rings (SSSR count). The van der Waals surface area contributed by atoms with Gasteiger partial charge in [-0.1, -0.05) is 36.7 Å². The van der Waals surface area contributed by atoms with Crippen LogP contribution in [0.5, 0.6) is 23.0 Å². The van der Waals surface area contributed by atoms with Crippen molar-refractivity contribution >= 4 is 29.1 Å². The first-order valence-corrected chi connectivity index (χ1v) is 13.5. The third-order valence-corrected chi connectivity index (χ3v) is 8.31. The smallest absolute Gasteiger partial charge is 0.236 e. The molecule has 0 saturated heterocycles. The molecule has 1 spiro atoms. The highest BCUT2D eigenvalue weighted by Crippen LogP contribution is 2.55. The summed E-state index contributed by atoms with van der Waals surface area (Å²) in [6.45, 7) is 2.06. The van der Waals surface area contributed by atoms with Crippen LogP contribution in [0, 0.1) is 5.92 Å². The highest BCUT2D eigenvalue weighted by atomic mass is 35.5. The molecular formula is C31H27ClN2O7. The van der Waals surface area contributed by atoms with E-state index < -0.39 is 29.0 Å². The van der Waals surface area contributed by atoms with Gasteiger partial charge in [0.2, 0.25) is 23.1 Å². The van der Waals surface area contributed by atoms with Gasteiger partial charge in [0.25, 0.3) is 0 Å². The van der Waals surface area contributed by atoms with E-state index >= 15 is 0 Å². The molecule has 0 bridgehead atoms. The van der Waals surface area contributed by atoms with Gasteiger partial charge in [0.1, 0.15) is 34.4 Å². The first-order valence-electron chi connectivity index (χ1n) is 13.2.